The number of carbonyl (C=O) groups excluding carboxylic acids is 1. The van der Waals surface area contributed by atoms with Crippen LogP contribution in [0.5, 0.6) is 5.75 Å². The molecule has 7 heteroatoms. The third-order valence-corrected chi connectivity index (χ3v) is 12.3. The topological polar surface area (TPSA) is 102 Å². The van der Waals surface area contributed by atoms with Gasteiger partial charge >= 0.3 is 0 Å². The van der Waals surface area contributed by atoms with Crippen LogP contribution >= 0.6 is 0 Å². The lowest BCUT2D eigenvalue weighted by molar-refractivity contribution is -0.120. The third-order valence-electron chi connectivity index (χ3n) is 8.74. The molecule has 3 atom stereocenters. The molecule has 0 aromatic heterocycles. The molecule has 0 heterocycles. The molecule has 3 aromatic rings. The predicted octanol–water partition coefficient (Wildman–Crippen LogP) is 6.02. The summed E-state index contributed by atoms with van der Waals surface area (Å²) in [6, 6.07) is 24.1. The van der Waals surface area contributed by atoms with Gasteiger partial charge in [0.1, 0.15) is 5.75 Å². The van der Waals surface area contributed by atoms with Crippen LogP contribution in [0.3, 0.4) is 0 Å². The maximum Gasteiger partial charge on any atom is 0.224 e. The summed E-state index contributed by atoms with van der Waals surface area (Å²) in [5, 5.41) is 26.4. The van der Waals surface area contributed by atoms with Crippen molar-refractivity contribution in [3.8, 4) is 5.75 Å². The summed E-state index contributed by atoms with van der Waals surface area (Å²) in [6.07, 6.45) is 1.95. The Labute approximate surface area is 253 Å². The van der Waals surface area contributed by atoms with Crippen molar-refractivity contribution in [2.45, 2.75) is 89.6 Å². The lowest BCUT2D eigenvalue weighted by Crippen LogP contribution is -2.41. The van der Waals surface area contributed by atoms with Gasteiger partial charge in [-0.25, -0.2) is 0 Å². The fraction of sp³-hybridized carbons (Fsp3) is 0.457. The first-order chi connectivity index (χ1) is 19.8. The highest BCUT2D eigenvalue weighted by molar-refractivity contribution is 6.72. The van der Waals surface area contributed by atoms with Crippen molar-refractivity contribution in [2.75, 3.05) is 13.1 Å². The molecule has 0 saturated heterocycles. The van der Waals surface area contributed by atoms with Crippen LogP contribution in [0.2, 0.25) is 18.1 Å². The summed E-state index contributed by atoms with van der Waals surface area (Å²) in [6.45, 7) is 13.6. The molecule has 0 unspecified atom stereocenters. The van der Waals surface area contributed by atoms with E-state index in [-0.39, 0.29) is 41.2 Å². The van der Waals surface area contributed by atoms with E-state index in [1.54, 1.807) is 6.07 Å². The van der Waals surface area contributed by atoms with Crippen molar-refractivity contribution in [1.29, 1.82) is 0 Å². The van der Waals surface area contributed by atoms with Gasteiger partial charge in [0.2, 0.25) is 5.91 Å². The van der Waals surface area contributed by atoms with E-state index in [1.807, 2.05) is 55.6 Å². The van der Waals surface area contributed by atoms with Crippen LogP contribution in [0.1, 0.15) is 73.8 Å². The van der Waals surface area contributed by atoms with Crippen LogP contribution in [-0.4, -0.2) is 48.4 Å². The van der Waals surface area contributed by atoms with E-state index in [0.29, 0.717) is 25.1 Å². The SMILES string of the molecule is C[C@H](Cc1cccc(CC(=O)NC[C@H](C)c2ccccc2)c1)NC[C@H](CC(C)(C)[Si](C)(C)O)c1ccc(O)c(CO)c1. The lowest BCUT2D eigenvalue weighted by atomic mass is 9.88. The molecule has 0 fully saturated rings. The Kier molecular flexibility index (Phi) is 11.9. The first-order valence-electron chi connectivity index (χ1n) is 15.1. The molecule has 228 valence electrons. The summed E-state index contributed by atoms with van der Waals surface area (Å²) >= 11 is 0. The Morgan fingerprint density at radius 2 is 1.60 bits per heavy atom. The number of aliphatic hydroxyl groups is 1. The molecule has 5 N–H and O–H groups in total. The summed E-state index contributed by atoms with van der Waals surface area (Å²) in [7, 11) is -2.44. The molecule has 42 heavy (non-hydrogen) atoms. The quantitative estimate of drug-likeness (QED) is 0.139. The molecule has 0 aliphatic carbocycles. The van der Waals surface area contributed by atoms with Gasteiger partial charge in [0.15, 0.2) is 8.32 Å². The number of nitrogens with one attached hydrogen (secondary N) is 2. The maximum atomic E-state index is 12.7. The van der Waals surface area contributed by atoms with E-state index in [0.717, 1.165) is 24.0 Å². The predicted molar refractivity (Wildman–Crippen MR) is 174 cm³/mol. The second-order valence-corrected chi connectivity index (χ2v) is 17.5. The number of benzene rings is 3. The van der Waals surface area contributed by atoms with Crippen LogP contribution < -0.4 is 10.6 Å². The molecular weight excluding hydrogens is 540 g/mol. The van der Waals surface area contributed by atoms with Crippen molar-refractivity contribution in [3.05, 3.63) is 101 Å². The average molecular weight is 591 g/mol. The summed E-state index contributed by atoms with van der Waals surface area (Å²) in [5.41, 5.74) is 4.94. The fourth-order valence-corrected chi connectivity index (χ4v) is 5.96. The van der Waals surface area contributed by atoms with Gasteiger partial charge in [0.05, 0.1) is 13.0 Å². The average Bonchev–Trinajstić information content (AvgIpc) is 2.94. The van der Waals surface area contributed by atoms with Gasteiger partial charge in [-0.05, 0) is 84.1 Å². The largest absolute Gasteiger partial charge is 0.508 e. The van der Waals surface area contributed by atoms with Gasteiger partial charge in [0, 0.05) is 24.7 Å². The van der Waals surface area contributed by atoms with E-state index in [4.69, 9.17) is 0 Å². The Bertz CT molecular complexity index is 1290. The zero-order chi connectivity index (χ0) is 30.9. The van der Waals surface area contributed by atoms with Gasteiger partial charge in [-0.2, -0.15) is 0 Å². The van der Waals surface area contributed by atoms with Gasteiger partial charge in [-0.15, -0.1) is 0 Å². The number of hydrogen-bond donors (Lipinski definition) is 5. The van der Waals surface area contributed by atoms with E-state index < -0.39 is 8.32 Å². The van der Waals surface area contributed by atoms with Crippen molar-refractivity contribution in [2.24, 2.45) is 0 Å². The van der Waals surface area contributed by atoms with Crippen LogP contribution in [0.15, 0.2) is 72.8 Å². The molecule has 1 amide bonds. The standard InChI is InChI=1S/C35H50N2O4Si/c1-25(29-13-8-7-9-14-29)22-37-34(40)19-28-12-10-11-27(18-28)17-26(2)36-23-32(21-35(3,4)42(5,6)41)30-15-16-33(39)31(20-30)24-38/h7-16,18,20,25-26,32,36,38-39,41H,17,19,21-24H2,1-6H3,(H,37,40)/t25-,26+,32-/m0/s1. The number of rotatable bonds is 15. The molecule has 0 spiro atoms. The Hall–Kier alpha value is -2.97. The molecule has 0 aliphatic rings. The molecule has 0 saturated carbocycles. The molecule has 3 rings (SSSR count). The Morgan fingerprint density at radius 1 is 0.905 bits per heavy atom. The molecule has 6 nitrogen and oxygen atoms in total. The summed E-state index contributed by atoms with van der Waals surface area (Å²) < 4.78 is 0. The van der Waals surface area contributed by atoms with E-state index >= 15 is 0 Å². The maximum absolute atomic E-state index is 12.7. The highest BCUT2D eigenvalue weighted by atomic mass is 28.4. The van der Waals surface area contributed by atoms with Crippen molar-refractivity contribution >= 4 is 14.2 Å². The summed E-state index contributed by atoms with van der Waals surface area (Å²) in [5.74, 6) is 0.473. The van der Waals surface area contributed by atoms with Gasteiger partial charge in [0.25, 0.3) is 0 Å². The first kappa shape index (κ1) is 33.5. The molecule has 0 radical (unpaired) electrons. The summed E-state index contributed by atoms with van der Waals surface area (Å²) in [4.78, 5) is 23.6. The Balaban J connectivity index is 1.60. The monoisotopic (exact) mass is 590 g/mol. The highest BCUT2D eigenvalue weighted by Gasteiger charge is 2.40. The van der Waals surface area contributed by atoms with Crippen molar-refractivity contribution in [3.63, 3.8) is 0 Å². The van der Waals surface area contributed by atoms with E-state index in [9.17, 15) is 19.8 Å². The number of aliphatic hydroxyl groups excluding tert-OH is 1. The molecular formula is C35H50N2O4Si. The normalized spacial score (nSPS) is 14.3. The first-order valence-corrected chi connectivity index (χ1v) is 18.0. The number of aromatic hydroxyl groups is 1. The molecule has 0 aliphatic heterocycles. The minimum absolute atomic E-state index is 0.0260. The second kappa shape index (κ2) is 15.0. The van der Waals surface area contributed by atoms with Gasteiger partial charge in [-0.3, -0.25) is 4.79 Å². The van der Waals surface area contributed by atoms with Crippen LogP contribution in [0.4, 0.5) is 0 Å². The van der Waals surface area contributed by atoms with Crippen molar-refractivity contribution < 1.29 is 19.8 Å². The molecule has 3 aromatic carbocycles. The van der Waals surface area contributed by atoms with Gasteiger partial charge in [-0.1, -0.05) is 81.4 Å². The number of carbonyl (C=O) groups is 1. The highest BCUT2D eigenvalue weighted by Crippen LogP contribution is 2.44. The van der Waals surface area contributed by atoms with Crippen LogP contribution in [0, 0.1) is 0 Å². The zero-order valence-electron chi connectivity index (χ0n) is 26.2. The second-order valence-electron chi connectivity index (χ2n) is 13.0. The van der Waals surface area contributed by atoms with E-state index in [2.05, 4.69) is 62.6 Å². The van der Waals surface area contributed by atoms with E-state index in [1.165, 1.54) is 11.1 Å². The van der Waals surface area contributed by atoms with Crippen LogP contribution in [0.25, 0.3) is 0 Å². The number of hydrogen-bond acceptors (Lipinski definition) is 5. The Morgan fingerprint density at radius 3 is 2.26 bits per heavy atom. The number of amides is 1. The van der Waals surface area contributed by atoms with Crippen molar-refractivity contribution in [1.82, 2.24) is 10.6 Å². The third kappa shape index (κ3) is 9.80. The lowest BCUT2D eigenvalue weighted by Gasteiger charge is -2.38. The van der Waals surface area contributed by atoms with Crippen LogP contribution in [-0.2, 0) is 24.2 Å². The number of phenols is 1. The zero-order valence-corrected chi connectivity index (χ0v) is 27.2. The molecule has 0 bridgehead atoms. The minimum atomic E-state index is -2.44. The van der Waals surface area contributed by atoms with Gasteiger partial charge < -0.3 is 25.6 Å². The minimum Gasteiger partial charge on any atom is -0.508 e. The smallest absolute Gasteiger partial charge is 0.224 e. The fourth-order valence-electron chi connectivity index (χ4n) is 5.21.